The predicted molar refractivity (Wildman–Crippen MR) is 88.4 cm³/mol. The van der Waals surface area contributed by atoms with Gasteiger partial charge in [0.25, 0.3) is 5.56 Å². The van der Waals surface area contributed by atoms with E-state index in [0.29, 0.717) is 22.9 Å². The zero-order valence-corrected chi connectivity index (χ0v) is 13.3. The lowest BCUT2D eigenvalue weighted by atomic mass is 10.1. The highest BCUT2D eigenvalue weighted by Gasteiger charge is 2.11. The molecule has 0 amide bonds. The van der Waals surface area contributed by atoms with Crippen molar-refractivity contribution >= 4 is 28.8 Å². The van der Waals surface area contributed by atoms with Crippen LogP contribution in [0.25, 0.3) is 0 Å². The molecule has 2 rings (SSSR count). The van der Waals surface area contributed by atoms with Gasteiger partial charge in [-0.1, -0.05) is 23.8 Å². The Labute approximate surface area is 133 Å². The number of methoxy groups -OCH3 is 1. The van der Waals surface area contributed by atoms with Gasteiger partial charge in [-0.2, -0.15) is 0 Å². The molecule has 1 aromatic heterocycles. The smallest absolute Gasteiger partial charge is 0.261 e. The van der Waals surface area contributed by atoms with Gasteiger partial charge in [0.2, 0.25) is 0 Å². The number of ether oxygens (including phenoxy) is 1. The van der Waals surface area contributed by atoms with E-state index in [1.165, 1.54) is 0 Å². The molecule has 2 aromatic rings. The molecule has 0 unspecified atom stereocenters. The van der Waals surface area contributed by atoms with Gasteiger partial charge in [0, 0.05) is 16.3 Å². The number of aromatic nitrogens is 1. The molecule has 1 aromatic carbocycles. The lowest BCUT2D eigenvalue weighted by molar-refractivity contribution is 0.408. The van der Waals surface area contributed by atoms with Gasteiger partial charge in [-0.25, -0.2) is 0 Å². The summed E-state index contributed by atoms with van der Waals surface area (Å²) in [4.78, 5) is 12.5. The van der Waals surface area contributed by atoms with Gasteiger partial charge in [-0.05, 0) is 37.3 Å². The van der Waals surface area contributed by atoms with Crippen LogP contribution >= 0.6 is 23.8 Å². The first-order valence-corrected chi connectivity index (χ1v) is 7.05. The lowest BCUT2D eigenvalue weighted by Crippen LogP contribution is -2.30. The summed E-state index contributed by atoms with van der Waals surface area (Å²) in [6.07, 6.45) is 0. The molecule has 21 heavy (non-hydrogen) atoms. The predicted octanol–water partition coefficient (Wildman–Crippen LogP) is 2.50. The molecular formula is C15H15ClN2O2S. The Morgan fingerprint density at radius 2 is 2.10 bits per heavy atom. The Kier molecular flexibility index (Phi) is 4.65. The molecule has 1 heterocycles. The summed E-state index contributed by atoms with van der Waals surface area (Å²) in [5.41, 5.74) is 7.31. The van der Waals surface area contributed by atoms with Crippen LogP contribution in [0.4, 0.5) is 0 Å². The van der Waals surface area contributed by atoms with E-state index < -0.39 is 0 Å². The van der Waals surface area contributed by atoms with E-state index in [2.05, 4.69) is 0 Å². The normalized spacial score (nSPS) is 10.4. The zero-order valence-electron chi connectivity index (χ0n) is 11.7. The zero-order chi connectivity index (χ0) is 15.6. The Bertz CT molecular complexity index is 756. The first-order chi connectivity index (χ1) is 9.93. The first-order valence-electron chi connectivity index (χ1n) is 6.26. The number of thiocarbonyl (C=S) groups is 1. The molecule has 0 saturated heterocycles. The fraction of sp³-hybridized carbons (Fsp3) is 0.200. The Morgan fingerprint density at radius 3 is 2.71 bits per heavy atom. The maximum atomic E-state index is 12.4. The number of benzene rings is 1. The monoisotopic (exact) mass is 322 g/mol. The van der Waals surface area contributed by atoms with Crippen LogP contribution in [0.2, 0.25) is 5.02 Å². The molecule has 0 aliphatic carbocycles. The highest BCUT2D eigenvalue weighted by molar-refractivity contribution is 7.80. The van der Waals surface area contributed by atoms with Gasteiger partial charge < -0.3 is 15.0 Å². The summed E-state index contributed by atoms with van der Waals surface area (Å²) >= 11 is 10.9. The quantitative estimate of drug-likeness (QED) is 0.879. The average Bonchev–Trinajstić information content (AvgIpc) is 2.43. The van der Waals surface area contributed by atoms with E-state index in [1.807, 2.05) is 13.0 Å². The van der Waals surface area contributed by atoms with Crippen LogP contribution in [0.5, 0.6) is 5.75 Å². The van der Waals surface area contributed by atoms with Crippen molar-refractivity contribution in [2.24, 2.45) is 5.73 Å². The van der Waals surface area contributed by atoms with Crippen molar-refractivity contribution in [3.05, 3.63) is 62.5 Å². The summed E-state index contributed by atoms with van der Waals surface area (Å²) in [7, 11) is 1.58. The maximum Gasteiger partial charge on any atom is 0.261 e. The molecule has 4 nitrogen and oxygen atoms in total. The van der Waals surface area contributed by atoms with Gasteiger partial charge in [0.1, 0.15) is 10.7 Å². The number of aryl methyl sites for hydroxylation is 1. The highest BCUT2D eigenvalue weighted by Crippen LogP contribution is 2.23. The van der Waals surface area contributed by atoms with E-state index in [1.54, 1.807) is 35.9 Å². The third-order valence-electron chi connectivity index (χ3n) is 3.23. The number of nitrogens with two attached hydrogens (primary N) is 1. The summed E-state index contributed by atoms with van der Waals surface area (Å²) in [6, 6.07) is 8.75. The molecule has 6 heteroatoms. The Balaban J connectivity index is 2.54. The molecule has 0 saturated carbocycles. The van der Waals surface area contributed by atoms with Crippen LogP contribution in [-0.2, 0) is 6.54 Å². The van der Waals surface area contributed by atoms with Crippen LogP contribution in [0.15, 0.2) is 35.1 Å². The minimum Gasteiger partial charge on any atom is -0.496 e. The minimum absolute atomic E-state index is 0.0896. The molecule has 0 aliphatic rings. The molecule has 110 valence electrons. The molecule has 0 atom stereocenters. The van der Waals surface area contributed by atoms with Crippen molar-refractivity contribution in [2.45, 2.75) is 13.5 Å². The second-order valence-electron chi connectivity index (χ2n) is 4.60. The molecule has 0 fully saturated rings. The second kappa shape index (κ2) is 6.28. The van der Waals surface area contributed by atoms with E-state index in [0.717, 1.165) is 11.3 Å². The molecular weight excluding hydrogens is 308 g/mol. The van der Waals surface area contributed by atoms with Crippen molar-refractivity contribution in [2.75, 3.05) is 7.11 Å². The van der Waals surface area contributed by atoms with Crippen molar-refractivity contribution in [3.8, 4) is 5.75 Å². The third kappa shape index (κ3) is 3.25. The van der Waals surface area contributed by atoms with Crippen LogP contribution in [-0.4, -0.2) is 16.7 Å². The summed E-state index contributed by atoms with van der Waals surface area (Å²) < 4.78 is 6.91. The van der Waals surface area contributed by atoms with Crippen molar-refractivity contribution < 1.29 is 4.74 Å². The van der Waals surface area contributed by atoms with Crippen molar-refractivity contribution in [3.63, 3.8) is 0 Å². The number of pyridine rings is 1. The minimum atomic E-state index is -0.218. The highest BCUT2D eigenvalue weighted by atomic mass is 35.5. The van der Waals surface area contributed by atoms with E-state index in [-0.39, 0.29) is 10.5 Å². The van der Waals surface area contributed by atoms with Crippen molar-refractivity contribution in [1.82, 2.24) is 4.57 Å². The van der Waals surface area contributed by atoms with Crippen LogP contribution in [0.3, 0.4) is 0 Å². The molecule has 0 aliphatic heterocycles. The standard InChI is InChI=1S/C15H15ClN2O2S/c1-9-3-5-12(14(17)21)15(19)18(9)8-10-7-11(16)4-6-13(10)20-2/h3-7H,8H2,1-2H3,(H2,17,21). The second-order valence-corrected chi connectivity index (χ2v) is 5.48. The molecule has 0 spiro atoms. The molecule has 0 bridgehead atoms. The van der Waals surface area contributed by atoms with E-state index >= 15 is 0 Å². The number of hydrogen-bond donors (Lipinski definition) is 1. The summed E-state index contributed by atoms with van der Waals surface area (Å²) in [5.74, 6) is 0.673. The first kappa shape index (κ1) is 15.5. The summed E-state index contributed by atoms with van der Waals surface area (Å²) in [5, 5.41) is 0.585. The lowest BCUT2D eigenvalue weighted by Gasteiger charge is -2.14. The molecule has 0 radical (unpaired) electrons. The topological polar surface area (TPSA) is 57.2 Å². The van der Waals surface area contributed by atoms with Gasteiger partial charge in [0.05, 0.1) is 19.2 Å². The number of hydrogen-bond acceptors (Lipinski definition) is 3. The van der Waals surface area contributed by atoms with E-state index in [4.69, 9.17) is 34.3 Å². The number of rotatable bonds is 4. The Hall–Kier alpha value is -1.85. The van der Waals surface area contributed by atoms with Crippen LogP contribution in [0.1, 0.15) is 16.8 Å². The Morgan fingerprint density at radius 1 is 1.38 bits per heavy atom. The van der Waals surface area contributed by atoms with Gasteiger partial charge in [0.15, 0.2) is 0 Å². The number of nitrogens with zero attached hydrogens (tertiary/aromatic N) is 1. The van der Waals surface area contributed by atoms with E-state index in [9.17, 15) is 4.79 Å². The SMILES string of the molecule is COc1ccc(Cl)cc1Cn1c(C)ccc(C(N)=S)c1=O. The van der Waals surface area contributed by atoms with Gasteiger partial charge in [-0.15, -0.1) is 0 Å². The number of halogens is 1. The fourth-order valence-electron chi connectivity index (χ4n) is 2.10. The van der Waals surface area contributed by atoms with Gasteiger partial charge >= 0.3 is 0 Å². The average molecular weight is 323 g/mol. The third-order valence-corrected chi connectivity index (χ3v) is 3.68. The maximum absolute atomic E-state index is 12.4. The fourth-order valence-corrected chi connectivity index (χ4v) is 2.45. The van der Waals surface area contributed by atoms with Crippen molar-refractivity contribution in [1.29, 1.82) is 0 Å². The summed E-state index contributed by atoms with van der Waals surface area (Å²) in [6.45, 7) is 2.19. The molecule has 2 N–H and O–H groups in total. The largest absolute Gasteiger partial charge is 0.496 e. The van der Waals surface area contributed by atoms with Crippen LogP contribution < -0.4 is 16.0 Å². The van der Waals surface area contributed by atoms with Crippen LogP contribution in [0, 0.1) is 6.92 Å². The van der Waals surface area contributed by atoms with Gasteiger partial charge in [-0.3, -0.25) is 4.79 Å².